The molecule has 0 radical (unpaired) electrons. The Labute approximate surface area is 143 Å². The van der Waals surface area contributed by atoms with Gasteiger partial charge < -0.3 is 10.6 Å². The van der Waals surface area contributed by atoms with Crippen LogP contribution < -0.4 is 15.4 Å². The molecule has 0 aliphatic rings. The van der Waals surface area contributed by atoms with E-state index in [9.17, 15) is 26.0 Å². The highest BCUT2D eigenvalue weighted by Gasteiger charge is 2.33. The summed E-state index contributed by atoms with van der Waals surface area (Å²) in [6.07, 6.45) is -4.67. The monoisotopic (exact) mass is 384 g/mol. The van der Waals surface area contributed by atoms with Crippen LogP contribution in [0.2, 0.25) is 0 Å². The van der Waals surface area contributed by atoms with Gasteiger partial charge in [0.25, 0.3) is 0 Å². The van der Waals surface area contributed by atoms with E-state index < -0.39 is 27.6 Å². The van der Waals surface area contributed by atoms with Gasteiger partial charge >= 0.3 is 6.18 Å². The molecule has 0 atom stereocenters. The first kappa shape index (κ1) is 21.2. The predicted octanol–water partition coefficient (Wildman–Crippen LogP) is 1.45. The van der Waals surface area contributed by atoms with E-state index >= 15 is 0 Å². The molecule has 11 heteroatoms. The van der Waals surface area contributed by atoms with E-state index in [0.717, 1.165) is 12.1 Å². The second kappa shape index (κ2) is 8.99. The van der Waals surface area contributed by atoms with Crippen LogP contribution in [0.4, 0.5) is 17.6 Å². The molecule has 1 rings (SSSR count). The predicted molar refractivity (Wildman–Crippen MR) is 87.1 cm³/mol. The third kappa shape index (κ3) is 7.26. The van der Waals surface area contributed by atoms with Crippen molar-refractivity contribution < 1.29 is 26.0 Å². The molecule has 3 N–H and O–H groups in total. The molecular weight excluding hydrogens is 364 g/mol. The van der Waals surface area contributed by atoms with Crippen LogP contribution in [-0.2, 0) is 22.7 Å². The zero-order chi connectivity index (χ0) is 19.1. The maximum Gasteiger partial charge on any atom is 0.416 e. The summed E-state index contributed by atoms with van der Waals surface area (Å²) >= 11 is 0. The Morgan fingerprint density at radius 3 is 2.44 bits per heavy atom. The number of aliphatic imine (C=N–C) groups is 1. The molecule has 0 saturated heterocycles. The Bertz CT molecular complexity index is 705. The van der Waals surface area contributed by atoms with Gasteiger partial charge in [-0.15, -0.1) is 0 Å². The molecule has 0 unspecified atom stereocenters. The minimum atomic E-state index is -4.67. The van der Waals surface area contributed by atoms with Gasteiger partial charge in [0, 0.05) is 26.7 Å². The molecule has 0 heterocycles. The van der Waals surface area contributed by atoms with Crippen molar-refractivity contribution in [3.63, 3.8) is 0 Å². The number of nitrogens with zero attached hydrogens (tertiary/aromatic N) is 1. The number of hydrogen-bond donors (Lipinski definition) is 3. The van der Waals surface area contributed by atoms with Crippen molar-refractivity contribution in [1.29, 1.82) is 0 Å². The third-order valence-electron chi connectivity index (χ3n) is 3.17. The van der Waals surface area contributed by atoms with Gasteiger partial charge in [0.1, 0.15) is 5.82 Å². The van der Waals surface area contributed by atoms with Crippen molar-refractivity contribution in [3.8, 4) is 0 Å². The number of alkyl halides is 3. The molecule has 0 fully saturated rings. The fourth-order valence-corrected chi connectivity index (χ4v) is 2.47. The van der Waals surface area contributed by atoms with E-state index in [1.807, 2.05) is 0 Å². The SMILES string of the molecule is CCS(=O)(=O)NCCNC(=NC)NCc1ccc(F)cc1C(F)(F)F. The first-order chi connectivity index (χ1) is 11.6. The maximum absolute atomic E-state index is 13.1. The van der Waals surface area contributed by atoms with E-state index in [4.69, 9.17) is 0 Å². The molecule has 6 nitrogen and oxygen atoms in total. The quantitative estimate of drug-likeness (QED) is 0.288. The average Bonchev–Trinajstić information content (AvgIpc) is 2.54. The third-order valence-corrected chi connectivity index (χ3v) is 4.57. The largest absolute Gasteiger partial charge is 0.416 e. The Kier molecular flexibility index (Phi) is 7.61. The van der Waals surface area contributed by atoms with Crippen LogP contribution in [0.15, 0.2) is 23.2 Å². The van der Waals surface area contributed by atoms with Crippen molar-refractivity contribution in [1.82, 2.24) is 15.4 Å². The van der Waals surface area contributed by atoms with E-state index in [1.165, 1.54) is 14.0 Å². The topological polar surface area (TPSA) is 82.6 Å². The molecule has 0 aliphatic carbocycles. The normalized spacial score (nSPS) is 13.0. The van der Waals surface area contributed by atoms with Crippen molar-refractivity contribution in [2.24, 2.45) is 4.99 Å². The summed E-state index contributed by atoms with van der Waals surface area (Å²) in [5.41, 5.74) is -1.20. The smallest absolute Gasteiger partial charge is 0.355 e. The van der Waals surface area contributed by atoms with Crippen molar-refractivity contribution in [2.75, 3.05) is 25.9 Å². The molecule has 0 saturated carbocycles. The zero-order valence-electron chi connectivity index (χ0n) is 13.7. The number of halogens is 4. The Morgan fingerprint density at radius 1 is 1.20 bits per heavy atom. The highest BCUT2D eigenvalue weighted by molar-refractivity contribution is 7.89. The Morgan fingerprint density at radius 2 is 1.88 bits per heavy atom. The van der Waals surface area contributed by atoms with E-state index in [0.29, 0.717) is 6.07 Å². The fraction of sp³-hybridized carbons (Fsp3) is 0.500. The molecule has 25 heavy (non-hydrogen) atoms. The van der Waals surface area contributed by atoms with Crippen LogP contribution in [0.3, 0.4) is 0 Å². The standard InChI is InChI=1S/C14H20F4N4O2S/c1-3-25(23,24)22-7-6-20-13(19-2)21-9-10-4-5-11(15)8-12(10)14(16,17)18/h4-5,8,22H,3,6-7,9H2,1-2H3,(H2,19,20,21). The summed E-state index contributed by atoms with van der Waals surface area (Å²) < 4.78 is 76.7. The van der Waals surface area contributed by atoms with Gasteiger partial charge in [0.15, 0.2) is 5.96 Å². The molecule has 0 aromatic heterocycles. The minimum absolute atomic E-state index is 0.0508. The maximum atomic E-state index is 13.1. The van der Waals surface area contributed by atoms with E-state index in [-0.39, 0.29) is 36.9 Å². The lowest BCUT2D eigenvalue weighted by Gasteiger charge is -2.16. The summed E-state index contributed by atoms with van der Waals surface area (Å²) in [6.45, 7) is 1.56. The van der Waals surface area contributed by atoms with Gasteiger partial charge in [-0.05, 0) is 24.6 Å². The first-order valence-corrected chi connectivity index (χ1v) is 9.01. The highest BCUT2D eigenvalue weighted by atomic mass is 32.2. The lowest BCUT2D eigenvalue weighted by atomic mass is 10.1. The summed E-state index contributed by atoms with van der Waals surface area (Å²) in [5, 5.41) is 5.43. The molecular formula is C14H20F4N4O2S. The van der Waals surface area contributed by atoms with Crippen LogP contribution in [0.1, 0.15) is 18.1 Å². The molecule has 142 valence electrons. The molecule has 0 aliphatic heterocycles. The van der Waals surface area contributed by atoms with Gasteiger partial charge in [0.2, 0.25) is 10.0 Å². The Balaban J connectivity index is 2.61. The van der Waals surface area contributed by atoms with Crippen molar-refractivity contribution >= 4 is 16.0 Å². The summed E-state index contributed by atoms with van der Waals surface area (Å²) in [5.74, 6) is -0.833. The number of nitrogens with one attached hydrogen (secondary N) is 3. The second-order valence-electron chi connectivity index (χ2n) is 4.95. The summed E-state index contributed by atoms with van der Waals surface area (Å²) in [7, 11) is -1.90. The fourth-order valence-electron chi connectivity index (χ4n) is 1.86. The lowest BCUT2D eigenvalue weighted by Crippen LogP contribution is -2.41. The van der Waals surface area contributed by atoms with Gasteiger partial charge in [-0.25, -0.2) is 17.5 Å². The van der Waals surface area contributed by atoms with Crippen molar-refractivity contribution in [2.45, 2.75) is 19.6 Å². The number of sulfonamides is 1. The molecule has 0 amide bonds. The molecule has 1 aromatic carbocycles. The second-order valence-corrected chi connectivity index (χ2v) is 7.05. The summed E-state index contributed by atoms with van der Waals surface area (Å²) in [6, 6.07) is 2.43. The van der Waals surface area contributed by atoms with Crippen molar-refractivity contribution in [3.05, 3.63) is 35.1 Å². The molecule has 0 spiro atoms. The van der Waals surface area contributed by atoms with Crippen LogP contribution in [0.5, 0.6) is 0 Å². The van der Waals surface area contributed by atoms with Gasteiger partial charge in [-0.3, -0.25) is 4.99 Å². The number of hydrogen-bond acceptors (Lipinski definition) is 3. The van der Waals surface area contributed by atoms with E-state index in [1.54, 1.807) is 0 Å². The number of guanidine groups is 1. The molecule has 1 aromatic rings. The molecule has 0 bridgehead atoms. The van der Waals surface area contributed by atoms with E-state index in [2.05, 4.69) is 20.3 Å². The summed E-state index contributed by atoms with van der Waals surface area (Å²) in [4.78, 5) is 3.83. The van der Waals surface area contributed by atoms with Crippen LogP contribution in [-0.4, -0.2) is 40.3 Å². The number of rotatable bonds is 7. The highest BCUT2D eigenvalue weighted by Crippen LogP contribution is 2.32. The number of benzene rings is 1. The van der Waals surface area contributed by atoms with Crippen LogP contribution in [0, 0.1) is 5.82 Å². The average molecular weight is 384 g/mol. The Hall–Kier alpha value is -1.88. The first-order valence-electron chi connectivity index (χ1n) is 7.36. The van der Waals surface area contributed by atoms with Crippen LogP contribution >= 0.6 is 0 Å². The van der Waals surface area contributed by atoms with Gasteiger partial charge in [-0.1, -0.05) is 6.07 Å². The zero-order valence-corrected chi connectivity index (χ0v) is 14.6. The lowest BCUT2D eigenvalue weighted by molar-refractivity contribution is -0.138. The van der Waals surface area contributed by atoms with Gasteiger partial charge in [0.05, 0.1) is 11.3 Å². The minimum Gasteiger partial charge on any atom is -0.355 e. The van der Waals surface area contributed by atoms with Crippen LogP contribution in [0.25, 0.3) is 0 Å². The van der Waals surface area contributed by atoms with Gasteiger partial charge in [-0.2, -0.15) is 13.2 Å².